The van der Waals surface area contributed by atoms with Crippen molar-refractivity contribution in [3.63, 3.8) is 0 Å². The zero-order valence-electron chi connectivity index (χ0n) is 12.9. The number of esters is 1. The lowest BCUT2D eigenvalue weighted by atomic mass is 10.2. The van der Waals surface area contributed by atoms with Crippen LogP contribution in [-0.2, 0) is 16.1 Å². The molecule has 8 nitrogen and oxygen atoms in total. The van der Waals surface area contributed by atoms with E-state index in [1.807, 2.05) is 0 Å². The summed E-state index contributed by atoms with van der Waals surface area (Å²) in [6.45, 7) is -0.422. The summed E-state index contributed by atoms with van der Waals surface area (Å²) in [6, 6.07) is 7.57. The number of ether oxygens (including phenoxy) is 1. The standard InChI is InChI=1S/C16H13N3O5S/c20-14(19-16(22)17-7-11-2-1-5-23-11)8-24-15(21)10-3-4-12-13(6-10)25-9-18-12/h1-6,9H,7-8H2,(H2,17,19,20,22). The van der Waals surface area contributed by atoms with E-state index in [1.165, 1.54) is 17.6 Å². The van der Waals surface area contributed by atoms with Crippen LogP contribution in [0.15, 0.2) is 46.5 Å². The first-order chi connectivity index (χ1) is 12.1. The van der Waals surface area contributed by atoms with Gasteiger partial charge in [-0.25, -0.2) is 14.6 Å². The summed E-state index contributed by atoms with van der Waals surface area (Å²) in [7, 11) is 0. The normalized spacial score (nSPS) is 10.4. The molecule has 3 amide bonds. The average molecular weight is 359 g/mol. The number of hydrogen-bond acceptors (Lipinski definition) is 7. The topological polar surface area (TPSA) is 111 Å². The molecule has 0 saturated heterocycles. The van der Waals surface area contributed by atoms with Crippen molar-refractivity contribution in [1.29, 1.82) is 0 Å². The minimum atomic E-state index is -0.732. The molecule has 1 aromatic carbocycles. The quantitative estimate of drug-likeness (QED) is 0.675. The highest BCUT2D eigenvalue weighted by Crippen LogP contribution is 2.19. The number of rotatable bonds is 5. The number of nitrogens with zero attached hydrogens (tertiary/aromatic N) is 1. The van der Waals surface area contributed by atoms with Gasteiger partial charge in [-0.15, -0.1) is 11.3 Å². The molecule has 25 heavy (non-hydrogen) atoms. The molecule has 2 heterocycles. The van der Waals surface area contributed by atoms with Crippen LogP contribution < -0.4 is 10.6 Å². The molecule has 0 aliphatic rings. The predicted molar refractivity (Wildman–Crippen MR) is 89.0 cm³/mol. The molecule has 0 fully saturated rings. The first-order valence-electron chi connectivity index (χ1n) is 7.22. The lowest BCUT2D eigenvalue weighted by Crippen LogP contribution is -2.41. The number of aromatic nitrogens is 1. The van der Waals surface area contributed by atoms with Crippen LogP contribution in [0.4, 0.5) is 4.79 Å². The fourth-order valence-corrected chi connectivity index (χ4v) is 2.70. The van der Waals surface area contributed by atoms with Crippen molar-refractivity contribution in [2.45, 2.75) is 6.54 Å². The summed E-state index contributed by atoms with van der Waals surface area (Å²) in [5.41, 5.74) is 2.77. The van der Waals surface area contributed by atoms with Gasteiger partial charge in [0, 0.05) is 0 Å². The summed E-state index contributed by atoms with van der Waals surface area (Å²) >= 11 is 1.40. The molecule has 2 aromatic heterocycles. The molecule has 0 saturated carbocycles. The van der Waals surface area contributed by atoms with E-state index in [1.54, 1.807) is 35.8 Å². The molecule has 3 rings (SSSR count). The molecule has 0 atom stereocenters. The summed E-state index contributed by atoms with van der Waals surface area (Å²) < 4.78 is 10.8. The predicted octanol–water partition coefficient (Wildman–Crippen LogP) is 2.07. The molecule has 0 spiro atoms. The number of nitrogens with one attached hydrogen (secondary N) is 2. The van der Waals surface area contributed by atoms with Crippen molar-refractivity contribution in [2.24, 2.45) is 0 Å². The lowest BCUT2D eigenvalue weighted by Gasteiger charge is -2.06. The fraction of sp³-hybridized carbons (Fsp3) is 0.125. The zero-order valence-corrected chi connectivity index (χ0v) is 13.7. The highest BCUT2D eigenvalue weighted by molar-refractivity contribution is 7.16. The number of furan rings is 1. The summed E-state index contributed by atoms with van der Waals surface area (Å²) in [5.74, 6) is -0.835. The Balaban J connectivity index is 1.44. The van der Waals surface area contributed by atoms with E-state index in [0.29, 0.717) is 11.3 Å². The Morgan fingerprint density at radius 2 is 2.12 bits per heavy atom. The Morgan fingerprint density at radius 1 is 1.24 bits per heavy atom. The highest BCUT2D eigenvalue weighted by atomic mass is 32.1. The molecule has 0 unspecified atom stereocenters. The fourth-order valence-electron chi connectivity index (χ4n) is 1.98. The first-order valence-corrected chi connectivity index (χ1v) is 8.10. The third-order valence-electron chi connectivity index (χ3n) is 3.16. The number of fused-ring (bicyclic) bond motifs is 1. The SMILES string of the molecule is O=C(COC(=O)c1ccc2ncsc2c1)NC(=O)NCc1ccco1. The van der Waals surface area contributed by atoms with Gasteiger partial charge in [0.05, 0.1) is 34.1 Å². The van der Waals surface area contributed by atoms with Gasteiger partial charge in [-0.3, -0.25) is 10.1 Å². The number of thiazole rings is 1. The maximum atomic E-state index is 12.0. The number of amides is 3. The van der Waals surface area contributed by atoms with Gasteiger partial charge in [0.2, 0.25) is 0 Å². The Hall–Kier alpha value is -3.20. The van der Waals surface area contributed by atoms with Crippen molar-refractivity contribution >= 4 is 39.5 Å². The minimum absolute atomic E-state index is 0.140. The Bertz CT molecular complexity index is 904. The molecule has 9 heteroatoms. The summed E-state index contributed by atoms with van der Waals surface area (Å²) in [5, 5.41) is 4.50. The van der Waals surface area contributed by atoms with Gasteiger partial charge in [0.15, 0.2) is 6.61 Å². The van der Waals surface area contributed by atoms with Crippen molar-refractivity contribution in [1.82, 2.24) is 15.6 Å². The van der Waals surface area contributed by atoms with Crippen molar-refractivity contribution < 1.29 is 23.5 Å². The van der Waals surface area contributed by atoms with Crippen molar-refractivity contribution in [3.8, 4) is 0 Å². The largest absolute Gasteiger partial charge is 0.467 e. The van der Waals surface area contributed by atoms with E-state index in [0.717, 1.165) is 10.2 Å². The third-order valence-corrected chi connectivity index (χ3v) is 3.95. The van der Waals surface area contributed by atoms with E-state index in [2.05, 4.69) is 15.6 Å². The number of urea groups is 1. The second kappa shape index (κ2) is 7.58. The van der Waals surface area contributed by atoms with Gasteiger partial charge < -0.3 is 14.5 Å². The van der Waals surface area contributed by atoms with Crippen LogP contribution in [0.1, 0.15) is 16.1 Å². The Kier molecular flexibility index (Phi) is 5.05. The van der Waals surface area contributed by atoms with E-state index < -0.39 is 24.5 Å². The van der Waals surface area contributed by atoms with Crippen LogP contribution in [0.2, 0.25) is 0 Å². The maximum absolute atomic E-state index is 12.0. The van der Waals surface area contributed by atoms with Crippen LogP contribution in [0.25, 0.3) is 10.2 Å². The molecule has 0 bridgehead atoms. The number of imide groups is 1. The van der Waals surface area contributed by atoms with Crippen LogP contribution in [-0.4, -0.2) is 29.5 Å². The molecule has 3 aromatic rings. The number of carbonyl (C=O) groups excluding carboxylic acids is 3. The van der Waals surface area contributed by atoms with Gasteiger partial charge in [-0.2, -0.15) is 0 Å². The molecule has 0 aliphatic heterocycles. The number of hydrogen-bond donors (Lipinski definition) is 2. The Labute approximate surface area is 145 Å². The van der Waals surface area contributed by atoms with Crippen molar-refractivity contribution in [3.05, 3.63) is 53.4 Å². The van der Waals surface area contributed by atoms with E-state index in [9.17, 15) is 14.4 Å². The highest BCUT2D eigenvalue weighted by Gasteiger charge is 2.13. The third kappa shape index (κ3) is 4.42. The van der Waals surface area contributed by atoms with E-state index >= 15 is 0 Å². The van der Waals surface area contributed by atoms with Crippen molar-refractivity contribution in [2.75, 3.05) is 6.61 Å². The average Bonchev–Trinajstić information content (AvgIpc) is 3.28. The van der Waals surface area contributed by atoms with Crippen LogP contribution in [0.3, 0.4) is 0 Å². The molecule has 2 N–H and O–H groups in total. The molecule has 128 valence electrons. The summed E-state index contributed by atoms with van der Waals surface area (Å²) in [6.07, 6.45) is 1.48. The van der Waals surface area contributed by atoms with Crippen LogP contribution in [0, 0.1) is 0 Å². The molecular weight excluding hydrogens is 346 g/mol. The van der Waals surface area contributed by atoms with Gasteiger partial charge >= 0.3 is 12.0 Å². The number of benzene rings is 1. The minimum Gasteiger partial charge on any atom is -0.467 e. The van der Waals surface area contributed by atoms with Gasteiger partial charge in [-0.1, -0.05) is 0 Å². The maximum Gasteiger partial charge on any atom is 0.338 e. The monoisotopic (exact) mass is 359 g/mol. The van der Waals surface area contributed by atoms with Gasteiger partial charge in [0.25, 0.3) is 5.91 Å². The number of carbonyl (C=O) groups is 3. The molecule has 0 radical (unpaired) electrons. The molecule has 0 aliphatic carbocycles. The van der Waals surface area contributed by atoms with Crippen LogP contribution >= 0.6 is 11.3 Å². The molecular formula is C16H13N3O5S. The smallest absolute Gasteiger partial charge is 0.338 e. The Morgan fingerprint density at radius 3 is 2.92 bits per heavy atom. The van der Waals surface area contributed by atoms with Gasteiger partial charge in [0.1, 0.15) is 5.76 Å². The van der Waals surface area contributed by atoms with Gasteiger partial charge in [-0.05, 0) is 30.3 Å². The van der Waals surface area contributed by atoms with E-state index in [4.69, 9.17) is 9.15 Å². The van der Waals surface area contributed by atoms with E-state index in [-0.39, 0.29) is 6.54 Å². The lowest BCUT2D eigenvalue weighted by molar-refractivity contribution is -0.123. The first kappa shape index (κ1) is 16.7. The van der Waals surface area contributed by atoms with Crippen LogP contribution in [0.5, 0.6) is 0 Å². The second-order valence-electron chi connectivity index (χ2n) is 4.92. The zero-order chi connectivity index (χ0) is 17.6. The second-order valence-corrected chi connectivity index (χ2v) is 5.81. The summed E-state index contributed by atoms with van der Waals surface area (Å²) in [4.78, 5) is 39.3.